The van der Waals surface area contributed by atoms with Crippen molar-refractivity contribution in [3.8, 4) is 0 Å². The Kier molecular flexibility index (Phi) is 5.68. The quantitative estimate of drug-likeness (QED) is 0.667. The van der Waals surface area contributed by atoms with E-state index in [-0.39, 0.29) is 5.60 Å². The lowest BCUT2D eigenvalue weighted by atomic mass is 9.92. The molecule has 0 fully saturated rings. The van der Waals surface area contributed by atoms with Crippen LogP contribution in [0.25, 0.3) is 0 Å². The van der Waals surface area contributed by atoms with E-state index in [9.17, 15) is 0 Å². The van der Waals surface area contributed by atoms with Gasteiger partial charge in [0.25, 0.3) is 0 Å². The van der Waals surface area contributed by atoms with Crippen LogP contribution in [0.1, 0.15) is 47.5 Å². The number of ether oxygens (including phenoxy) is 1. The van der Waals surface area contributed by atoms with Crippen LogP contribution in [0.15, 0.2) is 0 Å². The molecule has 0 saturated heterocycles. The number of hydrogen-bond acceptors (Lipinski definition) is 2. The Morgan fingerprint density at radius 1 is 0.929 bits per heavy atom. The van der Waals surface area contributed by atoms with Crippen LogP contribution in [0.2, 0.25) is 0 Å². The van der Waals surface area contributed by atoms with Crippen LogP contribution in [-0.4, -0.2) is 25.8 Å². The van der Waals surface area contributed by atoms with E-state index in [1.165, 1.54) is 6.42 Å². The van der Waals surface area contributed by atoms with Crippen LogP contribution < -0.4 is 5.32 Å². The van der Waals surface area contributed by atoms with Gasteiger partial charge >= 0.3 is 0 Å². The predicted octanol–water partition coefficient (Wildman–Crippen LogP) is 2.83. The zero-order valence-electron chi connectivity index (χ0n) is 10.7. The lowest BCUT2D eigenvalue weighted by Gasteiger charge is -2.23. The third-order valence-electron chi connectivity index (χ3n) is 2.51. The van der Waals surface area contributed by atoms with Gasteiger partial charge in [0.2, 0.25) is 0 Å². The molecule has 1 N–H and O–H groups in total. The molecular formula is C12H27NO. The van der Waals surface area contributed by atoms with Gasteiger partial charge in [-0.15, -0.1) is 0 Å². The van der Waals surface area contributed by atoms with E-state index in [1.807, 2.05) is 0 Å². The number of methoxy groups -OCH3 is 1. The van der Waals surface area contributed by atoms with Crippen LogP contribution in [0.5, 0.6) is 0 Å². The molecule has 0 aromatic rings. The van der Waals surface area contributed by atoms with Gasteiger partial charge in [-0.1, -0.05) is 20.8 Å². The Balaban J connectivity index is 3.39. The molecule has 2 heteroatoms. The van der Waals surface area contributed by atoms with Gasteiger partial charge in [-0.2, -0.15) is 0 Å². The number of rotatable bonds is 6. The maximum Gasteiger partial charge on any atom is 0.0634 e. The normalized spacial score (nSPS) is 13.3. The van der Waals surface area contributed by atoms with E-state index >= 15 is 0 Å². The average molecular weight is 201 g/mol. The molecule has 0 radical (unpaired) electrons. The molecule has 0 amide bonds. The molecule has 0 aromatic carbocycles. The fraction of sp³-hybridized carbons (Fsp3) is 1.00. The summed E-state index contributed by atoms with van der Waals surface area (Å²) in [5.41, 5.74) is 0.443. The van der Waals surface area contributed by atoms with Gasteiger partial charge in [0.05, 0.1) is 5.60 Å². The molecule has 0 aromatic heterocycles. The minimum Gasteiger partial charge on any atom is -0.379 e. The molecular weight excluding hydrogens is 174 g/mol. The van der Waals surface area contributed by atoms with Crippen LogP contribution in [0, 0.1) is 5.41 Å². The standard InChI is InChI=1S/C12H27NO/c1-11(2,3)7-9-13-10-8-12(4,5)14-6/h13H,7-10H2,1-6H3. The summed E-state index contributed by atoms with van der Waals surface area (Å²) in [4.78, 5) is 0. The van der Waals surface area contributed by atoms with Crippen LogP contribution >= 0.6 is 0 Å². The summed E-state index contributed by atoms with van der Waals surface area (Å²) < 4.78 is 5.35. The molecule has 0 unspecified atom stereocenters. The smallest absolute Gasteiger partial charge is 0.0634 e. The lowest BCUT2D eigenvalue weighted by molar-refractivity contribution is 0.0158. The number of nitrogens with one attached hydrogen (secondary N) is 1. The minimum atomic E-state index is 0.00866. The fourth-order valence-electron chi connectivity index (χ4n) is 1.08. The summed E-state index contributed by atoms with van der Waals surface area (Å²) in [6.07, 6.45) is 2.29. The second-order valence-electron chi connectivity index (χ2n) is 5.77. The highest BCUT2D eigenvalue weighted by Gasteiger charge is 2.15. The van der Waals surface area contributed by atoms with Gasteiger partial charge in [0.1, 0.15) is 0 Å². The van der Waals surface area contributed by atoms with Gasteiger partial charge < -0.3 is 10.1 Å². The van der Waals surface area contributed by atoms with Crippen molar-refractivity contribution >= 4 is 0 Å². The predicted molar refractivity (Wildman–Crippen MR) is 62.6 cm³/mol. The summed E-state index contributed by atoms with van der Waals surface area (Å²) in [6.45, 7) is 13.2. The fourth-order valence-corrected chi connectivity index (χ4v) is 1.08. The largest absolute Gasteiger partial charge is 0.379 e. The topological polar surface area (TPSA) is 21.3 Å². The Labute approximate surface area is 89.4 Å². The third-order valence-corrected chi connectivity index (χ3v) is 2.51. The van der Waals surface area contributed by atoms with Gasteiger partial charge in [-0.3, -0.25) is 0 Å². The van der Waals surface area contributed by atoms with Crippen molar-refractivity contribution in [2.24, 2.45) is 5.41 Å². The van der Waals surface area contributed by atoms with Gasteiger partial charge in [0.15, 0.2) is 0 Å². The first kappa shape index (κ1) is 13.9. The summed E-state index contributed by atoms with van der Waals surface area (Å²) in [7, 11) is 1.77. The molecule has 0 saturated carbocycles. The highest BCUT2D eigenvalue weighted by Crippen LogP contribution is 2.17. The molecule has 0 aliphatic rings. The van der Waals surface area contributed by atoms with Crippen LogP contribution in [0.4, 0.5) is 0 Å². The zero-order chi connectivity index (χ0) is 11.2. The van der Waals surface area contributed by atoms with Gasteiger partial charge in [-0.05, 0) is 45.2 Å². The summed E-state index contributed by atoms with van der Waals surface area (Å²) in [5, 5.41) is 3.45. The van der Waals surface area contributed by atoms with Crippen molar-refractivity contribution < 1.29 is 4.74 Å². The molecule has 0 aliphatic heterocycles. The van der Waals surface area contributed by atoms with Crippen molar-refractivity contribution in [3.05, 3.63) is 0 Å². The van der Waals surface area contributed by atoms with Crippen molar-refractivity contribution in [2.45, 2.75) is 53.1 Å². The Bertz CT molecular complexity index is 147. The number of hydrogen-bond donors (Lipinski definition) is 1. The average Bonchev–Trinajstić information content (AvgIpc) is 2.01. The van der Waals surface area contributed by atoms with Crippen LogP contribution in [0.3, 0.4) is 0 Å². The zero-order valence-corrected chi connectivity index (χ0v) is 10.7. The van der Waals surface area contributed by atoms with Gasteiger partial charge in [0, 0.05) is 7.11 Å². The van der Waals surface area contributed by atoms with Crippen molar-refractivity contribution in [1.29, 1.82) is 0 Å². The molecule has 14 heavy (non-hydrogen) atoms. The van der Waals surface area contributed by atoms with E-state index in [2.05, 4.69) is 39.9 Å². The molecule has 0 aliphatic carbocycles. The Morgan fingerprint density at radius 3 is 1.86 bits per heavy atom. The van der Waals surface area contributed by atoms with Crippen molar-refractivity contribution in [3.63, 3.8) is 0 Å². The monoisotopic (exact) mass is 201 g/mol. The minimum absolute atomic E-state index is 0.00866. The Hall–Kier alpha value is -0.0800. The van der Waals surface area contributed by atoms with E-state index in [4.69, 9.17) is 4.74 Å². The molecule has 0 atom stereocenters. The lowest BCUT2D eigenvalue weighted by Crippen LogP contribution is -2.30. The summed E-state index contributed by atoms with van der Waals surface area (Å²) in [6, 6.07) is 0. The Morgan fingerprint density at radius 2 is 1.43 bits per heavy atom. The van der Waals surface area contributed by atoms with E-state index in [1.54, 1.807) is 7.11 Å². The van der Waals surface area contributed by atoms with Crippen molar-refractivity contribution in [2.75, 3.05) is 20.2 Å². The SMILES string of the molecule is COC(C)(C)CCNCCC(C)(C)C. The molecule has 0 bridgehead atoms. The molecule has 86 valence electrons. The highest BCUT2D eigenvalue weighted by molar-refractivity contribution is 4.70. The second-order valence-corrected chi connectivity index (χ2v) is 5.77. The second kappa shape index (κ2) is 5.72. The summed E-state index contributed by atoms with van der Waals surface area (Å²) in [5.74, 6) is 0. The molecule has 0 spiro atoms. The first-order valence-corrected chi connectivity index (χ1v) is 5.53. The van der Waals surface area contributed by atoms with E-state index < -0.39 is 0 Å². The molecule has 0 rings (SSSR count). The maximum atomic E-state index is 5.35. The molecule has 2 nitrogen and oxygen atoms in total. The third kappa shape index (κ3) is 8.52. The first-order valence-electron chi connectivity index (χ1n) is 5.53. The van der Waals surface area contributed by atoms with E-state index in [0.717, 1.165) is 19.5 Å². The van der Waals surface area contributed by atoms with E-state index in [0.29, 0.717) is 5.41 Å². The first-order chi connectivity index (χ1) is 6.27. The summed E-state index contributed by atoms with van der Waals surface area (Å²) >= 11 is 0. The van der Waals surface area contributed by atoms with Gasteiger partial charge in [-0.25, -0.2) is 0 Å². The molecule has 0 heterocycles. The van der Waals surface area contributed by atoms with Crippen LogP contribution in [-0.2, 0) is 4.74 Å². The highest BCUT2D eigenvalue weighted by atomic mass is 16.5. The maximum absolute atomic E-state index is 5.35. The van der Waals surface area contributed by atoms with Crippen molar-refractivity contribution in [1.82, 2.24) is 5.32 Å².